The van der Waals surface area contributed by atoms with Crippen LogP contribution in [-0.4, -0.2) is 16.9 Å². The van der Waals surface area contributed by atoms with Crippen molar-refractivity contribution in [1.82, 2.24) is 0 Å². The molecule has 4 rings (SSSR count). The molecule has 6 nitrogen and oxygen atoms in total. The van der Waals surface area contributed by atoms with Gasteiger partial charge in [0.15, 0.2) is 0 Å². The third-order valence-electron chi connectivity index (χ3n) is 4.85. The predicted octanol–water partition coefficient (Wildman–Crippen LogP) is 2.18. The van der Waals surface area contributed by atoms with Gasteiger partial charge < -0.3 is 31.5 Å². The summed E-state index contributed by atoms with van der Waals surface area (Å²) in [5.41, 5.74) is 18.7. The number of aryl methyl sites for hydroxylation is 2. The molecule has 2 aromatic carbocycles. The van der Waals surface area contributed by atoms with E-state index >= 15 is 0 Å². The maximum absolute atomic E-state index is 10.2. The highest BCUT2D eigenvalue weighted by Gasteiger charge is 2.34. The number of phenols is 2. The van der Waals surface area contributed by atoms with Crippen molar-refractivity contribution in [3.63, 3.8) is 0 Å². The third kappa shape index (κ3) is 1.75. The van der Waals surface area contributed by atoms with Crippen LogP contribution in [0.3, 0.4) is 0 Å². The molecule has 0 spiro atoms. The number of anilines is 4. The minimum Gasteiger partial charge on any atom is -0.505 e. The van der Waals surface area contributed by atoms with Crippen LogP contribution in [0.25, 0.3) is 0 Å². The second kappa shape index (κ2) is 4.38. The second-order valence-corrected chi connectivity index (χ2v) is 6.46. The molecule has 2 aliphatic rings. The molecule has 6 heteroatoms. The van der Waals surface area contributed by atoms with Crippen LogP contribution in [0.4, 0.5) is 22.7 Å². The van der Waals surface area contributed by atoms with E-state index in [2.05, 4.69) is 9.80 Å². The van der Waals surface area contributed by atoms with Crippen LogP contribution < -0.4 is 21.3 Å². The number of rotatable bonds is 0. The van der Waals surface area contributed by atoms with Crippen molar-refractivity contribution in [3.8, 4) is 11.5 Å². The Hall–Kier alpha value is -2.76. The third-order valence-corrected chi connectivity index (χ3v) is 4.85. The highest BCUT2D eigenvalue weighted by atomic mass is 16.3. The standard InChI is InChI=1S/C17H20N4O2/c1-8-3-10-5-20-7-21(14(10)12(18)16(8)22)6-11-4-9(2)17(23)13(19)15(11)20/h3-4,22-23H,5-7,18-19H2,1-2H3. The summed E-state index contributed by atoms with van der Waals surface area (Å²) in [5, 5.41) is 20.3. The van der Waals surface area contributed by atoms with Crippen molar-refractivity contribution >= 4 is 22.7 Å². The van der Waals surface area contributed by atoms with E-state index in [1.54, 1.807) is 0 Å². The molecule has 0 radical (unpaired) electrons. The number of benzene rings is 2. The lowest BCUT2D eigenvalue weighted by Crippen LogP contribution is -2.46. The molecule has 0 aromatic heterocycles. The summed E-state index contributed by atoms with van der Waals surface area (Å²) < 4.78 is 0. The zero-order valence-corrected chi connectivity index (χ0v) is 13.2. The molecule has 0 saturated carbocycles. The first kappa shape index (κ1) is 13.9. The van der Waals surface area contributed by atoms with E-state index in [9.17, 15) is 10.2 Å². The zero-order valence-electron chi connectivity index (χ0n) is 13.2. The monoisotopic (exact) mass is 312 g/mol. The van der Waals surface area contributed by atoms with Crippen LogP contribution in [0.2, 0.25) is 0 Å². The van der Waals surface area contributed by atoms with Crippen LogP contribution in [0.5, 0.6) is 11.5 Å². The highest BCUT2D eigenvalue weighted by molar-refractivity contribution is 5.86. The molecule has 120 valence electrons. The SMILES string of the molecule is Cc1cc2c(c(N)c1O)N1Cc3cc(C)c(O)c(N)c3N(C2)C1. The van der Waals surface area contributed by atoms with Crippen LogP contribution in [0.1, 0.15) is 22.3 Å². The van der Waals surface area contributed by atoms with E-state index < -0.39 is 0 Å². The second-order valence-electron chi connectivity index (χ2n) is 6.46. The Morgan fingerprint density at radius 1 is 0.826 bits per heavy atom. The fourth-order valence-electron chi connectivity index (χ4n) is 3.80. The van der Waals surface area contributed by atoms with Gasteiger partial charge in [-0.1, -0.05) is 0 Å². The molecule has 0 aliphatic carbocycles. The Kier molecular flexibility index (Phi) is 2.64. The van der Waals surface area contributed by atoms with Crippen LogP contribution >= 0.6 is 0 Å². The minimum atomic E-state index is 0.157. The molecule has 0 amide bonds. The van der Waals surface area contributed by atoms with Gasteiger partial charge in [-0.05, 0) is 48.2 Å². The lowest BCUT2D eigenvalue weighted by molar-refractivity contribution is 0.471. The van der Waals surface area contributed by atoms with E-state index in [4.69, 9.17) is 11.5 Å². The largest absolute Gasteiger partial charge is 0.505 e. The Labute approximate surface area is 134 Å². The molecule has 2 aromatic rings. The molecule has 2 heterocycles. The van der Waals surface area contributed by atoms with Gasteiger partial charge in [-0.25, -0.2) is 0 Å². The Bertz CT molecular complexity index is 778. The number of nitrogen functional groups attached to an aromatic ring is 2. The predicted molar refractivity (Wildman–Crippen MR) is 91.7 cm³/mol. The summed E-state index contributed by atoms with van der Waals surface area (Å²) in [7, 11) is 0. The highest BCUT2D eigenvalue weighted by Crippen LogP contribution is 2.48. The van der Waals surface area contributed by atoms with Crippen LogP contribution in [0, 0.1) is 13.8 Å². The van der Waals surface area contributed by atoms with Gasteiger partial charge in [-0.3, -0.25) is 0 Å². The first-order chi connectivity index (χ1) is 10.9. The van der Waals surface area contributed by atoms with Gasteiger partial charge in [-0.2, -0.15) is 0 Å². The van der Waals surface area contributed by atoms with Crippen molar-refractivity contribution in [2.75, 3.05) is 27.9 Å². The van der Waals surface area contributed by atoms with Gasteiger partial charge in [0.2, 0.25) is 0 Å². The Morgan fingerprint density at radius 3 is 1.61 bits per heavy atom. The number of nitrogens with two attached hydrogens (primary N) is 2. The van der Waals surface area contributed by atoms with Gasteiger partial charge in [0.05, 0.1) is 29.4 Å². The number of hydrogen-bond acceptors (Lipinski definition) is 6. The summed E-state index contributed by atoms with van der Waals surface area (Å²) in [4.78, 5) is 4.29. The first-order valence-electron chi connectivity index (χ1n) is 7.60. The van der Waals surface area contributed by atoms with Crippen molar-refractivity contribution in [3.05, 3.63) is 34.4 Å². The van der Waals surface area contributed by atoms with Crippen LogP contribution in [-0.2, 0) is 13.1 Å². The molecule has 0 atom stereocenters. The summed E-state index contributed by atoms with van der Waals surface area (Å²) in [6.45, 7) is 5.63. The summed E-state index contributed by atoms with van der Waals surface area (Å²) in [5.74, 6) is 0.314. The molecule has 2 bridgehead atoms. The fraction of sp³-hybridized carbons (Fsp3) is 0.294. The van der Waals surface area contributed by atoms with Crippen molar-refractivity contribution in [2.24, 2.45) is 0 Å². The lowest BCUT2D eigenvalue weighted by Gasteiger charge is -2.46. The summed E-state index contributed by atoms with van der Waals surface area (Å²) in [6, 6.07) is 3.94. The maximum atomic E-state index is 10.2. The molecule has 0 fully saturated rings. The number of hydrogen-bond donors (Lipinski definition) is 4. The smallest absolute Gasteiger partial charge is 0.143 e. The van der Waals surface area contributed by atoms with Crippen molar-refractivity contribution < 1.29 is 10.2 Å². The normalized spacial score (nSPS) is 15.4. The summed E-state index contributed by atoms with van der Waals surface area (Å²) >= 11 is 0. The molecule has 23 heavy (non-hydrogen) atoms. The van der Waals surface area contributed by atoms with E-state index in [0.717, 1.165) is 33.6 Å². The van der Waals surface area contributed by atoms with Gasteiger partial charge in [0.1, 0.15) is 11.5 Å². The fourth-order valence-corrected chi connectivity index (χ4v) is 3.80. The molecule has 6 N–H and O–H groups in total. The molecule has 0 unspecified atom stereocenters. The zero-order chi connectivity index (χ0) is 16.5. The topological polar surface area (TPSA) is 99.0 Å². The quantitative estimate of drug-likeness (QED) is 0.439. The molecule has 0 saturated heterocycles. The number of fused-ring (bicyclic) bond motifs is 6. The van der Waals surface area contributed by atoms with Gasteiger partial charge in [-0.15, -0.1) is 0 Å². The van der Waals surface area contributed by atoms with E-state index in [-0.39, 0.29) is 11.5 Å². The number of nitrogens with zero attached hydrogens (tertiary/aromatic N) is 2. The summed E-state index contributed by atoms with van der Waals surface area (Å²) in [6.07, 6.45) is 0. The number of phenolic OH excluding ortho intramolecular Hbond substituents is 2. The van der Waals surface area contributed by atoms with Crippen LogP contribution in [0.15, 0.2) is 12.1 Å². The maximum Gasteiger partial charge on any atom is 0.143 e. The molecule has 2 aliphatic heterocycles. The average molecular weight is 312 g/mol. The van der Waals surface area contributed by atoms with E-state index in [1.165, 1.54) is 0 Å². The van der Waals surface area contributed by atoms with E-state index in [0.29, 0.717) is 31.1 Å². The number of aromatic hydroxyl groups is 2. The first-order valence-corrected chi connectivity index (χ1v) is 7.60. The van der Waals surface area contributed by atoms with Gasteiger partial charge >= 0.3 is 0 Å². The van der Waals surface area contributed by atoms with Crippen molar-refractivity contribution in [2.45, 2.75) is 26.9 Å². The minimum absolute atomic E-state index is 0.157. The molecular weight excluding hydrogens is 292 g/mol. The lowest BCUT2D eigenvalue weighted by atomic mass is 9.96. The molecular formula is C17H20N4O2. The van der Waals surface area contributed by atoms with Gasteiger partial charge in [0.25, 0.3) is 0 Å². The van der Waals surface area contributed by atoms with Gasteiger partial charge in [0, 0.05) is 13.1 Å². The van der Waals surface area contributed by atoms with E-state index in [1.807, 2.05) is 26.0 Å². The van der Waals surface area contributed by atoms with Crippen molar-refractivity contribution in [1.29, 1.82) is 0 Å². The Balaban J connectivity index is 1.91. The average Bonchev–Trinajstić information content (AvgIpc) is 2.50. The Morgan fingerprint density at radius 2 is 1.22 bits per heavy atom.